The van der Waals surface area contributed by atoms with Crippen LogP contribution in [0.4, 0.5) is 0 Å². The van der Waals surface area contributed by atoms with Crippen molar-refractivity contribution in [2.45, 2.75) is 31.7 Å². The first kappa shape index (κ1) is 16.9. The van der Waals surface area contributed by atoms with Crippen LogP contribution in [0.25, 0.3) is 0 Å². The van der Waals surface area contributed by atoms with Crippen LogP contribution in [0.1, 0.15) is 46.5 Å². The molecule has 5 heteroatoms. The van der Waals surface area contributed by atoms with Crippen molar-refractivity contribution in [2.75, 3.05) is 13.2 Å². The van der Waals surface area contributed by atoms with E-state index in [-0.39, 0.29) is 23.7 Å². The molecule has 2 heterocycles. The second kappa shape index (κ2) is 7.73. The quantitative estimate of drug-likeness (QED) is 0.645. The molecule has 1 aromatic heterocycles. The number of benzene rings is 1. The number of esters is 1. The molecule has 2 aromatic rings. The van der Waals surface area contributed by atoms with Gasteiger partial charge >= 0.3 is 5.97 Å². The largest absolute Gasteiger partial charge is 0.464 e. The number of carbonyl (C=O) groups is 2. The molecule has 2 atom stereocenters. The Morgan fingerprint density at radius 2 is 2.08 bits per heavy atom. The van der Waals surface area contributed by atoms with E-state index in [0.717, 1.165) is 29.8 Å². The van der Waals surface area contributed by atoms with Gasteiger partial charge in [-0.25, -0.2) is 0 Å². The molecule has 0 bridgehead atoms. The summed E-state index contributed by atoms with van der Waals surface area (Å²) in [5.41, 5.74) is 1.50. The predicted molar refractivity (Wildman–Crippen MR) is 94.6 cm³/mol. The Labute approximate surface area is 145 Å². The molecule has 4 nitrogen and oxygen atoms in total. The summed E-state index contributed by atoms with van der Waals surface area (Å²) in [5, 5.41) is 5.20. The van der Waals surface area contributed by atoms with Crippen LogP contribution in [0.3, 0.4) is 0 Å². The fourth-order valence-corrected chi connectivity index (χ4v) is 3.50. The van der Waals surface area contributed by atoms with Gasteiger partial charge in [-0.15, -0.1) is 11.3 Å². The molecule has 0 saturated carbocycles. The third kappa shape index (κ3) is 3.91. The molecule has 126 valence electrons. The number of thiophene rings is 1. The van der Waals surface area contributed by atoms with Crippen LogP contribution in [0.15, 0.2) is 41.8 Å². The van der Waals surface area contributed by atoms with Gasteiger partial charge < -0.3 is 10.1 Å². The summed E-state index contributed by atoms with van der Waals surface area (Å²) in [6.07, 6.45) is 2.19. The van der Waals surface area contributed by atoms with E-state index in [1.807, 2.05) is 36.6 Å². The number of ketones is 1. The molecule has 1 aliphatic heterocycles. The van der Waals surface area contributed by atoms with E-state index >= 15 is 0 Å². The minimum absolute atomic E-state index is 0.0130. The molecule has 0 aliphatic carbocycles. The highest BCUT2D eigenvalue weighted by atomic mass is 32.1. The average Bonchev–Trinajstić information content (AvgIpc) is 3.32. The molecular formula is C19H21NO3S. The molecule has 0 amide bonds. The van der Waals surface area contributed by atoms with Crippen LogP contribution in [0.2, 0.25) is 0 Å². The van der Waals surface area contributed by atoms with Gasteiger partial charge in [-0.1, -0.05) is 30.3 Å². The number of hydrogen-bond acceptors (Lipinski definition) is 5. The van der Waals surface area contributed by atoms with Crippen LogP contribution >= 0.6 is 11.3 Å². The van der Waals surface area contributed by atoms with E-state index < -0.39 is 0 Å². The molecule has 3 rings (SSSR count). The van der Waals surface area contributed by atoms with Crippen molar-refractivity contribution >= 4 is 23.1 Å². The highest BCUT2D eigenvalue weighted by Gasteiger charge is 2.21. The van der Waals surface area contributed by atoms with Crippen LogP contribution in [0.5, 0.6) is 0 Å². The normalized spacial score (nSPS) is 18.3. The average molecular weight is 343 g/mol. The molecule has 1 aromatic carbocycles. The highest BCUT2D eigenvalue weighted by Crippen LogP contribution is 2.20. The first-order valence-electron chi connectivity index (χ1n) is 8.23. The molecule has 1 saturated heterocycles. The maximum Gasteiger partial charge on any atom is 0.313 e. The fourth-order valence-electron chi connectivity index (χ4n) is 2.82. The maximum atomic E-state index is 12.3. The Morgan fingerprint density at radius 1 is 1.29 bits per heavy atom. The van der Waals surface area contributed by atoms with E-state index in [1.54, 1.807) is 12.1 Å². The van der Waals surface area contributed by atoms with Gasteiger partial charge in [-0.2, -0.15) is 0 Å². The lowest BCUT2D eigenvalue weighted by Gasteiger charge is -2.15. The molecule has 0 spiro atoms. The summed E-state index contributed by atoms with van der Waals surface area (Å²) >= 11 is 1.43. The van der Waals surface area contributed by atoms with E-state index in [9.17, 15) is 9.59 Å². The molecule has 1 N–H and O–H groups in total. The van der Waals surface area contributed by atoms with E-state index in [0.29, 0.717) is 12.2 Å². The fraction of sp³-hybridized carbons (Fsp3) is 0.368. The van der Waals surface area contributed by atoms with Gasteiger partial charge in [0.1, 0.15) is 6.61 Å². The smallest absolute Gasteiger partial charge is 0.313 e. The molecule has 0 radical (unpaired) electrons. The first-order valence-corrected chi connectivity index (χ1v) is 9.11. The highest BCUT2D eigenvalue weighted by molar-refractivity contribution is 7.12. The van der Waals surface area contributed by atoms with Crippen LogP contribution < -0.4 is 5.32 Å². The zero-order valence-corrected chi connectivity index (χ0v) is 14.5. The lowest BCUT2D eigenvalue weighted by molar-refractivity contribution is -0.145. The number of ether oxygens (including phenoxy) is 1. The summed E-state index contributed by atoms with van der Waals surface area (Å²) in [6.45, 7) is 3.26. The lowest BCUT2D eigenvalue weighted by atomic mass is 9.98. The Morgan fingerprint density at radius 3 is 2.71 bits per heavy atom. The monoisotopic (exact) mass is 343 g/mol. The van der Waals surface area contributed by atoms with E-state index in [2.05, 4.69) is 5.32 Å². The van der Waals surface area contributed by atoms with Gasteiger partial charge in [-0.3, -0.25) is 9.59 Å². The van der Waals surface area contributed by atoms with Crippen LogP contribution in [0, 0.1) is 0 Å². The summed E-state index contributed by atoms with van der Waals surface area (Å²) in [6, 6.07) is 11.2. The van der Waals surface area contributed by atoms with E-state index in [4.69, 9.17) is 4.74 Å². The zero-order chi connectivity index (χ0) is 16.9. The minimum atomic E-state index is -0.336. The van der Waals surface area contributed by atoms with Gasteiger partial charge in [-0.05, 0) is 43.3 Å². The third-order valence-electron chi connectivity index (χ3n) is 4.36. The first-order chi connectivity index (χ1) is 11.6. The standard InChI is InChI=1S/C19H21NO3S/c1-13(19(22)23-12-16-4-2-10-20-16)14-6-8-15(9-7-14)18(21)17-5-3-11-24-17/h3,5-9,11,13,16,20H,2,4,10,12H2,1H3. The predicted octanol–water partition coefficient (Wildman–Crippen LogP) is 3.38. The number of hydrogen-bond donors (Lipinski definition) is 1. The van der Waals surface area contributed by atoms with Crippen molar-refractivity contribution in [2.24, 2.45) is 0 Å². The number of carbonyl (C=O) groups excluding carboxylic acids is 2. The molecule has 2 unspecified atom stereocenters. The van der Waals surface area contributed by atoms with Gasteiger partial charge in [0.15, 0.2) is 0 Å². The number of nitrogens with one attached hydrogen (secondary N) is 1. The second-order valence-corrected chi connectivity index (χ2v) is 7.02. The van der Waals surface area contributed by atoms with Crippen molar-refractivity contribution < 1.29 is 14.3 Å². The SMILES string of the molecule is CC(C(=O)OCC1CCCN1)c1ccc(C(=O)c2cccs2)cc1. The maximum absolute atomic E-state index is 12.3. The van der Waals surface area contributed by atoms with E-state index in [1.165, 1.54) is 11.3 Å². The molecule has 1 fully saturated rings. The van der Waals surface area contributed by atoms with Crippen molar-refractivity contribution in [1.29, 1.82) is 0 Å². The van der Waals surface area contributed by atoms with Crippen molar-refractivity contribution in [3.05, 3.63) is 57.8 Å². The van der Waals surface area contributed by atoms with Crippen molar-refractivity contribution in [3.63, 3.8) is 0 Å². The Bertz CT molecular complexity index is 688. The lowest BCUT2D eigenvalue weighted by Crippen LogP contribution is -2.29. The Hall–Kier alpha value is -1.98. The Kier molecular flexibility index (Phi) is 5.43. The number of rotatable bonds is 6. The van der Waals surface area contributed by atoms with Crippen molar-refractivity contribution in [3.8, 4) is 0 Å². The molecular weight excluding hydrogens is 322 g/mol. The van der Waals surface area contributed by atoms with Gasteiger partial charge in [0, 0.05) is 11.6 Å². The van der Waals surface area contributed by atoms with Crippen LogP contribution in [-0.2, 0) is 9.53 Å². The topological polar surface area (TPSA) is 55.4 Å². The molecule has 24 heavy (non-hydrogen) atoms. The minimum Gasteiger partial charge on any atom is -0.464 e. The summed E-state index contributed by atoms with van der Waals surface area (Å²) in [7, 11) is 0. The van der Waals surface area contributed by atoms with Crippen molar-refractivity contribution in [1.82, 2.24) is 5.32 Å². The van der Waals surface area contributed by atoms with Crippen LogP contribution in [-0.4, -0.2) is 30.9 Å². The summed E-state index contributed by atoms with van der Waals surface area (Å²) in [4.78, 5) is 25.2. The third-order valence-corrected chi connectivity index (χ3v) is 5.23. The van der Waals surface area contributed by atoms with Gasteiger partial charge in [0.05, 0.1) is 10.8 Å². The van der Waals surface area contributed by atoms with Gasteiger partial charge in [0.2, 0.25) is 5.78 Å². The Balaban J connectivity index is 1.59. The van der Waals surface area contributed by atoms with Gasteiger partial charge in [0.25, 0.3) is 0 Å². The summed E-state index contributed by atoms with van der Waals surface area (Å²) in [5.74, 6) is -0.544. The summed E-state index contributed by atoms with van der Waals surface area (Å²) < 4.78 is 5.41. The molecule has 1 aliphatic rings. The second-order valence-electron chi connectivity index (χ2n) is 6.07. The zero-order valence-electron chi connectivity index (χ0n) is 13.7.